The van der Waals surface area contributed by atoms with Gasteiger partial charge in [0.2, 0.25) is 0 Å². The van der Waals surface area contributed by atoms with E-state index in [0.29, 0.717) is 17.2 Å². The van der Waals surface area contributed by atoms with E-state index in [-0.39, 0.29) is 0 Å². The molecule has 26 heavy (non-hydrogen) atoms. The van der Waals surface area contributed by atoms with Crippen molar-refractivity contribution in [2.45, 2.75) is 0 Å². The lowest BCUT2D eigenvalue weighted by Gasteiger charge is -2.13. The molecule has 2 aromatic carbocycles. The van der Waals surface area contributed by atoms with Gasteiger partial charge in [-0.15, -0.1) is 0 Å². The van der Waals surface area contributed by atoms with Gasteiger partial charge in [-0.3, -0.25) is 9.71 Å². The SMILES string of the molecule is COc1cc2nccc(Nc3ccc(NS(N)(=O)=O)cc3)c2cc1OC. The molecule has 0 unspecified atom stereocenters. The Kier molecular flexibility index (Phi) is 4.83. The predicted octanol–water partition coefficient (Wildman–Crippen LogP) is 2.61. The first-order valence-corrected chi connectivity index (χ1v) is 9.12. The number of hydrogen-bond donors (Lipinski definition) is 3. The fourth-order valence-electron chi connectivity index (χ4n) is 2.52. The van der Waals surface area contributed by atoms with E-state index in [4.69, 9.17) is 14.6 Å². The zero-order chi connectivity index (χ0) is 18.7. The van der Waals surface area contributed by atoms with Crippen molar-refractivity contribution >= 4 is 38.2 Å². The molecule has 0 fully saturated rings. The van der Waals surface area contributed by atoms with Crippen molar-refractivity contribution in [3.63, 3.8) is 0 Å². The van der Waals surface area contributed by atoms with E-state index in [2.05, 4.69) is 15.0 Å². The molecule has 9 heteroatoms. The van der Waals surface area contributed by atoms with Gasteiger partial charge in [0, 0.05) is 34.7 Å². The number of benzene rings is 2. The molecule has 136 valence electrons. The summed E-state index contributed by atoms with van der Waals surface area (Å²) < 4.78 is 35.0. The van der Waals surface area contributed by atoms with E-state index >= 15 is 0 Å². The molecule has 3 aromatic rings. The van der Waals surface area contributed by atoms with Crippen LogP contribution in [0.25, 0.3) is 10.9 Å². The Morgan fingerprint density at radius 3 is 2.19 bits per heavy atom. The number of methoxy groups -OCH3 is 2. The summed E-state index contributed by atoms with van der Waals surface area (Å²) in [6, 6.07) is 12.2. The van der Waals surface area contributed by atoms with Crippen molar-refractivity contribution in [2.24, 2.45) is 5.14 Å². The van der Waals surface area contributed by atoms with Crippen molar-refractivity contribution in [3.8, 4) is 11.5 Å². The molecule has 0 saturated carbocycles. The summed E-state index contributed by atoms with van der Waals surface area (Å²) in [5, 5.41) is 9.10. The number of aromatic nitrogens is 1. The largest absolute Gasteiger partial charge is 0.493 e. The summed E-state index contributed by atoms with van der Waals surface area (Å²) in [5.74, 6) is 1.20. The van der Waals surface area contributed by atoms with E-state index in [1.807, 2.05) is 12.1 Å². The van der Waals surface area contributed by atoms with Gasteiger partial charge in [-0.25, -0.2) is 5.14 Å². The predicted molar refractivity (Wildman–Crippen MR) is 101 cm³/mol. The lowest BCUT2D eigenvalue weighted by Crippen LogP contribution is -2.21. The van der Waals surface area contributed by atoms with Crippen LogP contribution in [0.15, 0.2) is 48.7 Å². The van der Waals surface area contributed by atoms with Gasteiger partial charge < -0.3 is 14.8 Å². The van der Waals surface area contributed by atoms with Crippen LogP contribution in [0.3, 0.4) is 0 Å². The third kappa shape index (κ3) is 3.95. The second-order valence-electron chi connectivity index (χ2n) is 5.43. The van der Waals surface area contributed by atoms with Crippen molar-refractivity contribution in [2.75, 3.05) is 24.3 Å². The molecule has 3 rings (SSSR count). The van der Waals surface area contributed by atoms with E-state index in [0.717, 1.165) is 22.3 Å². The van der Waals surface area contributed by atoms with Crippen molar-refractivity contribution in [1.82, 2.24) is 4.98 Å². The highest BCUT2D eigenvalue weighted by Crippen LogP contribution is 2.35. The number of fused-ring (bicyclic) bond motifs is 1. The van der Waals surface area contributed by atoms with E-state index < -0.39 is 10.2 Å². The average Bonchev–Trinajstić information content (AvgIpc) is 2.61. The highest BCUT2D eigenvalue weighted by Gasteiger charge is 2.10. The fourth-order valence-corrected chi connectivity index (χ4v) is 2.99. The molecule has 0 aliphatic carbocycles. The number of anilines is 3. The molecule has 0 amide bonds. The topological polar surface area (TPSA) is 116 Å². The van der Waals surface area contributed by atoms with Gasteiger partial charge in [0.25, 0.3) is 10.2 Å². The lowest BCUT2D eigenvalue weighted by atomic mass is 10.1. The van der Waals surface area contributed by atoms with Crippen LogP contribution >= 0.6 is 0 Å². The lowest BCUT2D eigenvalue weighted by molar-refractivity contribution is 0.356. The molecule has 0 aliphatic rings. The minimum absolute atomic E-state index is 0.379. The maximum Gasteiger partial charge on any atom is 0.296 e. The van der Waals surface area contributed by atoms with Crippen LogP contribution in [0.2, 0.25) is 0 Å². The zero-order valence-electron chi connectivity index (χ0n) is 14.2. The quantitative estimate of drug-likeness (QED) is 0.611. The summed E-state index contributed by atoms with van der Waals surface area (Å²) in [5.41, 5.74) is 2.72. The van der Waals surface area contributed by atoms with Gasteiger partial charge in [-0.1, -0.05) is 0 Å². The molecule has 1 heterocycles. The molecule has 0 atom stereocenters. The summed E-state index contributed by atoms with van der Waals surface area (Å²) in [4.78, 5) is 4.36. The van der Waals surface area contributed by atoms with Gasteiger partial charge >= 0.3 is 0 Å². The van der Waals surface area contributed by atoms with Gasteiger partial charge in [0.15, 0.2) is 11.5 Å². The van der Waals surface area contributed by atoms with Crippen molar-refractivity contribution in [3.05, 3.63) is 48.7 Å². The summed E-state index contributed by atoms with van der Waals surface area (Å²) in [6.45, 7) is 0. The molecular weight excluding hydrogens is 356 g/mol. The van der Waals surface area contributed by atoms with Crippen molar-refractivity contribution in [1.29, 1.82) is 0 Å². The number of ether oxygens (including phenoxy) is 2. The highest BCUT2D eigenvalue weighted by molar-refractivity contribution is 7.90. The third-order valence-electron chi connectivity index (χ3n) is 3.67. The molecule has 0 aliphatic heterocycles. The van der Waals surface area contributed by atoms with Crippen LogP contribution < -0.4 is 24.7 Å². The number of nitrogens with one attached hydrogen (secondary N) is 2. The highest BCUT2D eigenvalue weighted by atomic mass is 32.2. The zero-order valence-corrected chi connectivity index (χ0v) is 15.0. The number of pyridine rings is 1. The Morgan fingerprint density at radius 1 is 0.962 bits per heavy atom. The molecule has 4 N–H and O–H groups in total. The summed E-state index contributed by atoms with van der Waals surface area (Å²) in [7, 11) is -0.650. The molecule has 1 aromatic heterocycles. The standard InChI is InChI=1S/C17H18N4O4S/c1-24-16-9-13-14(7-8-19-15(13)10-17(16)25-2)20-11-3-5-12(6-4-11)21-26(18,22)23/h3-10,21H,1-2H3,(H,19,20)(H2,18,22,23). The second kappa shape index (κ2) is 7.06. The molecule has 0 bridgehead atoms. The number of nitrogens with two attached hydrogens (primary N) is 1. The molecular formula is C17H18N4O4S. The number of rotatable bonds is 6. The van der Waals surface area contributed by atoms with Crippen LogP contribution in [0, 0.1) is 0 Å². The Morgan fingerprint density at radius 2 is 1.58 bits per heavy atom. The molecule has 8 nitrogen and oxygen atoms in total. The first-order valence-electron chi connectivity index (χ1n) is 7.58. The Labute approximate surface area is 151 Å². The average molecular weight is 374 g/mol. The number of nitrogens with zero attached hydrogens (tertiary/aromatic N) is 1. The van der Waals surface area contributed by atoms with E-state index in [1.54, 1.807) is 50.7 Å². The van der Waals surface area contributed by atoms with Crippen LogP contribution in [0.5, 0.6) is 11.5 Å². The normalized spacial score (nSPS) is 11.2. The van der Waals surface area contributed by atoms with Crippen LogP contribution in [0.4, 0.5) is 17.1 Å². The molecule has 0 radical (unpaired) electrons. The molecule has 0 spiro atoms. The summed E-state index contributed by atoms with van der Waals surface area (Å²) >= 11 is 0. The first kappa shape index (κ1) is 17.8. The van der Waals surface area contributed by atoms with Crippen LogP contribution in [0.1, 0.15) is 0 Å². The minimum Gasteiger partial charge on any atom is -0.493 e. The van der Waals surface area contributed by atoms with Gasteiger partial charge in [0.05, 0.1) is 19.7 Å². The smallest absolute Gasteiger partial charge is 0.296 e. The first-order chi connectivity index (χ1) is 12.4. The summed E-state index contributed by atoms with van der Waals surface area (Å²) in [6.07, 6.45) is 1.69. The van der Waals surface area contributed by atoms with Gasteiger partial charge in [0.1, 0.15) is 0 Å². The second-order valence-corrected chi connectivity index (χ2v) is 6.73. The van der Waals surface area contributed by atoms with E-state index in [9.17, 15) is 8.42 Å². The van der Waals surface area contributed by atoms with E-state index in [1.165, 1.54) is 0 Å². The third-order valence-corrected chi connectivity index (χ3v) is 4.19. The van der Waals surface area contributed by atoms with Crippen LogP contribution in [-0.4, -0.2) is 27.6 Å². The molecule has 0 saturated heterocycles. The fraction of sp³-hybridized carbons (Fsp3) is 0.118. The maximum atomic E-state index is 11.1. The van der Waals surface area contributed by atoms with Gasteiger partial charge in [-0.05, 0) is 36.4 Å². The Hall–Kier alpha value is -3.04. The Balaban J connectivity index is 1.93. The maximum absolute atomic E-state index is 11.1. The van der Waals surface area contributed by atoms with Crippen molar-refractivity contribution < 1.29 is 17.9 Å². The monoisotopic (exact) mass is 374 g/mol. The minimum atomic E-state index is -3.80. The van der Waals surface area contributed by atoms with Gasteiger partial charge in [-0.2, -0.15) is 8.42 Å². The Bertz CT molecular complexity index is 1040. The number of hydrogen-bond acceptors (Lipinski definition) is 6. The van der Waals surface area contributed by atoms with Crippen LogP contribution in [-0.2, 0) is 10.2 Å².